The third kappa shape index (κ3) is 4.53. The molecule has 0 saturated carbocycles. The molecule has 0 aliphatic rings. The van der Waals surface area contributed by atoms with Crippen molar-refractivity contribution in [3.63, 3.8) is 0 Å². The number of aliphatic hydroxyl groups is 1. The van der Waals surface area contributed by atoms with E-state index in [0.717, 1.165) is 5.56 Å². The van der Waals surface area contributed by atoms with Gasteiger partial charge in [0.2, 0.25) is 0 Å². The highest BCUT2D eigenvalue weighted by Crippen LogP contribution is 2.21. The molecule has 0 aromatic heterocycles. The highest BCUT2D eigenvalue weighted by atomic mass is 35.5. The molecule has 0 heterocycles. The zero-order valence-corrected chi connectivity index (χ0v) is 9.89. The van der Waals surface area contributed by atoms with Crippen LogP contribution in [-0.4, -0.2) is 23.9 Å². The predicted octanol–water partition coefficient (Wildman–Crippen LogP) is 2.91. The molecule has 1 rings (SSSR count). The maximum Gasteiger partial charge on any atom is 0.415 e. The summed E-state index contributed by atoms with van der Waals surface area (Å²) < 4.78 is 36.1. The van der Waals surface area contributed by atoms with Gasteiger partial charge in [0, 0.05) is 17.6 Å². The van der Waals surface area contributed by atoms with Gasteiger partial charge in [-0.1, -0.05) is 23.7 Å². The summed E-state index contributed by atoms with van der Waals surface area (Å²) in [5.74, 6) is 0. The second-order valence-electron chi connectivity index (χ2n) is 3.74. The second-order valence-corrected chi connectivity index (χ2v) is 4.18. The summed E-state index contributed by atoms with van der Waals surface area (Å²) in [5.41, 5.74) is 0.809. The Bertz CT molecular complexity index is 353. The lowest BCUT2D eigenvalue weighted by Gasteiger charge is -2.19. The molecule has 0 fully saturated rings. The van der Waals surface area contributed by atoms with Gasteiger partial charge in [0.1, 0.15) is 0 Å². The van der Waals surface area contributed by atoms with E-state index in [1.165, 1.54) is 0 Å². The maximum absolute atomic E-state index is 12.0. The van der Waals surface area contributed by atoms with Crippen LogP contribution in [0.25, 0.3) is 0 Å². The standard InChI is InChI=1S/C11H13ClF3NO/c1-7(8-2-4-9(12)5-3-8)16-6-10(17)11(13,14)15/h2-5,7,10,16-17H,6H2,1H3. The van der Waals surface area contributed by atoms with Crippen LogP contribution in [0.15, 0.2) is 24.3 Å². The molecule has 0 spiro atoms. The van der Waals surface area contributed by atoms with E-state index in [9.17, 15) is 13.2 Å². The number of benzene rings is 1. The van der Waals surface area contributed by atoms with Crippen molar-refractivity contribution < 1.29 is 18.3 Å². The first kappa shape index (κ1) is 14.3. The number of hydrogen-bond donors (Lipinski definition) is 2. The minimum absolute atomic E-state index is 0.288. The van der Waals surface area contributed by atoms with Gasteiger partial charge < -0.3 is 10.4 Å². The summed E-state index contributed by atoms with van der Waals surface area (Å²) >= 11 is 5.69. The Labute approximate surface area is 102 Å². The van der Waals surface area contributed by atoms with E-state index in [-0.39, 0.29) is 6.04 Å². The Morgan fingerprint density at radius 1 is 1.29 bits per heavy atom. The molecule has 96 valence electrons. The molecular weight excluding hydrogens is 255 g/mol. The summed E-state index contributed by atoms with van der Waals surface area (Å²) in [6.45, 7) is 1.18. The van der Waals surface area contributed by atoms with E-state index in [0.29, 0.717) is 5.02 Å². The van der Waals surface area contributed by atoms with Crippen molar-refractivity contribution >= 4 is 11.6 Å². The van der Waals surface area contributed by atoms with Crippen molar-refractivity contribution in [2.24, 2.45) is 0 Å². The maximum atomic E-state index is 12.0. The van der Waals surface area contributed by atoms with E-state index in [2.05, 4.69) is 5.32 Å². The van der Waals surface area contributed by atoms with Gasteiger partial charge in [0.15, 0.2) is 6.10 Å². The molecule has 0 saturated heterocycles. The number of alkyl halides is 3. The van der Waals surface area contributed by atoms with Gasteiger partial charge in [0.05, 0.1) is 0 Å². The summed E-state index contributed by atoms with van der Waals surface area (Å²) in [7, 11) is 0. The first-order chi connectivity index (χ1) is 7.80. The zero-order chi connectivity index (χ0) is 13.1. The number of halogens is 4. The monoisotopic (exact) mass is 267 g/mol. The number of rotatable bonds is 4. The lowest BCUT2D eigenvalue weighted by Crippen LogP contribution is -2.39. The van der Waals surface area contributed by atoms with Crippen LogP contribution >= 0.6 is 11.6 Å². The van der Waals surface area contributed by atoms with Crippen LogP contribution in [0, 0.1) is 0 Å². The first-order valence-electron chi connectivity index (χ1n) is 5.04. The zero-order valence-electron chi connectivity index (χ0n) is 9.13. The Kier molecular flexibility index (Phi) is 4.80. The van der Waals surface area contributed by atoms with Gasteiger partial charge in [-0.05, 0) is 24.6 Å². The third-order valence-electron chi connectivity index (χ3n) is 2.37. The quantitative estimate of drug-likeness (QED) is 0.879. The minimum Gasteiger partial charge on any atom is -0.382 e. The molecule has 0 radical (unpaired) electrons. The average Bonchev–Trinajstić information content (AvgIpc) is 2.25. The van der Waals surface area contributed by atoms with E-state index >= 15 is 0 Å². The molecule has 0 bridgehead atoms. The van der Waals surface area contributed by atoms with Gasteiger partial charge in [-0.2, -0.15) is 13.2 Å². The van der Waals surface area contributed by atoms with Crippen molar-refractivity contribution in [2.75, 3.05) is 6.54 Å². The molecule has 1 aromatic carbocycles. The van der Waals surface area contributed by atoms with Crippen LogP contribution in [-0.2, 0) is 0 Å². The molecule has 2 nitrogen and oxygen atoms in total. The number of hydrogen-bond acceptors (Lipinski definition) is 2. The van der Waals surface area contributed by atoms with Gasteiger partial charge >= 0.3 is 6.18 Å². The summed E-state index contributed by atoms with van der Waals surface area (Å²) in [5, 5.41) is 12.0. The Balaban J connectivity index is 2.50. The Morgan fingerprint density at radius 3 is 2.29 bits per heavy atom. The van der Waals surface area contributed by atoms with Crippen LogP contribution in [0.1, 0.15) is 18.5 Å². The highest BCUT2D eigenvalue weighted by molar-refractivity contribution is 6.30. The van der Waals surface area contributed by atoms with Crippen LogP contribution in [0.2, 0.25) is 5.02 Å². The molecule has 0 amide bonds. The fourth-order valence-corrected chi connectivity index (χ4v) is 1.40. The average molecular weight is 268 g/mol. The van der Waals surface area contributed by atoms with Gasteiger partial charge in [-0.15, -0.1) is 0 Å². The highest BCUT2D eigenvalue weighted by Gasteiger charge is 2.37. The molecule has 0 aliphatic carbocycles. The van der Waals surface area contributed by atoms with Gasteiger partial charge in [0.25, 0.3) is 0 Å². The molecule has 2 unspecified atom stereocenters. The third-order valence-corrected chi connectivity index (χ3v) is 2.62. The predicted molar refractivity (Wildman–Crippen MR) is 59.9 cm³/mol. The van der Waals surface area contributed by atoms with Crippen LogP contribution in [0.4, 0.5) is 13.2 Å². The lowest BCUT2D eigenvalue weighted by atomic mass is 10.1. The molecule has 6 heteroatoms. The van der Waals surface area contributed by atoms with E-state index in [1.54, 1.807) is 31.2 Å². The van der Waals surface area contributed by atoms with E-state index < -0.39 is 18.8 Å². The van der Waals surface area contributed by atoms with Crippen LogP contribution in [0.5, 0.6) is 0 Å². The second kappa shape index (κ2) is 5.71. The Hall–Kier alpha value is -0.780. The van der Waals surface area contributed by atoms with E-state index in [1.807, 2.05) is 0 Å². The normalized spacial score (nSPS) is 15.6. The first-order valence-corrected chi connectivity index (χ1v) is 5.42. The van der Waals surface area contributed by atoms with Gasteiger partial charge in [-0.3, -0.25) is 0 Å². The van der Waals surface area contributed by atoms with Crippen molar-refractivity contribution in [3.8, 4) is 0 Å². The largest absolute Gasteiger partial charge is 0.415 e. The fourth-order valence-electron chi connectivity index (χ4n) is 1.27. The van der Waals surface area contributed by atoms with Crippen molar-refractivity contribution in [3.05, 3.63) is 34.9 Å². The molecule has 17 heavy (non-hydrogen) atoms. The fraction of sp³-hybridized carbons (Fsp3) is 0.455. The lowest BCUT2D eigenvalue weighted by molar-refractivity contribution is -0.202. The topological polar surface area (TPSA) is 32.3 Å². The molecule has 0 aliphatic heterocycles. The summed E-state index contributed by atoms with van der Waals surface area (Å²) in [4.78, 5) is 0. The van der Waals surface area contributed by atoms with Crippen molar-refractivity contribution in [1.82, 2.24) is 5.32 Å². The summed E-state index contributed by atoms with van der Waals surface area (Å²) in [6, 6.07) is 6.48. The minimum atomic E-state index is -4.59. The molecule has 2 N–H and O–H groups in total. The van der Waals surface area contributed by atoms with Crippen molar-refractivity contribution in [2.45, 2.75) is 25.2 Å². The summed E-state index contributed by atoms with van der Waals surface area (Å²) in [6.07, 6.45) is -6.94. The number of aliphatic hydroxyl groups excluding tert-OH is 1. The molecular formula is C11H13ClF3NO. The van der Waals surface area contributed by atoms with Gasteiger partial charge in [-0.25, -0.2) is 0 Å². The number of nitrogens with one attached hydrogen (secondary N) is 1. The molecule has 2 atom stereocenters. The van der Waals surface area contributed by atoms with Crippen LogP contribution < -0.4 is 5.32 Å². The smallest absolute Gasteiger partial charge is 0.382 e. The Morgan fingerprint density at radius 2 is 1.82 bits per heavy atom. The van der Waals surface area contributed by atoms with E-state index in [4.69, 9.17) is 16.7 Å². The van der Waals surface area contributed by atoms with Crippen molar-refractivity contribution in [1.29, 1.82) is 0 Å². The molecule has 1 aromatic rings. The van der Waals surface area contributed by atoms with Crippen LogP contribution in [0.3, 0.4) is 0 Å². The SMILES string of the molecule is CC(NCC(O)C(F)(F)F)c1ccc(Cl)cc1.